The first kappa shape index (κ1) is 23.5. The van der Waals surface area contributed by atoms with Crippen LogP contribution < -0.4 is 24.2 Å². The van der Waals surface area contributed by atoms with E-state index in [1.807, 2.05) is 0 Å². The second-order valence-electron chi connectivity index (χ2n) is 7.43. The fourth-order valence-corrected chi connectivity index (χ4v) is 4.30. The van der Waals surface area contributed by atoms with Gasteiger partial charge in [0, 0.05) is 18.7 Å². The van der Waals surface area contributed by atoms with Gasteiger partial charge in [0.15, 0.2) is 23.1 Å². The Morgan fingerprint density at radius 2 is 1.82 bits per heavy atom. The molecule has 178 valence electrons. The quantitative estimate of drug-likeness (QED) is 0.427. The minimum Gasteiger partial charge on any atom is -0.490 e. The smallest absolute Gasteiger partial charge is 0.251 e. The highest BCUT2D eigenvalue weighted by molar-refractivity contribution is 7.89. The number of para-hydroxylation sites is 1. The molecule has 0 atom stereocenters. The summed E-state index contributed by atoms with van der Waals surface area (Å²) >= 11 is 0. The van der Waals surface area contributed by atoms with Gasteiger partial charge in [0.25, 0.3) is 5.91 Å². The fourth-order valence-electron chi connectivity index (χ4n) is 3.24. The van der Waals surface area contributed by atoms with Gasteiger partial charge in [-0.3, -0.25) is 4.79 Å². The number of rotatable bonds is 10. The van der Waals surface area contributed by atoms with E-state index in [2.05, 4.69) is 10.0 Å². The van der Waals surface area contributed by atoms with Crippen molar-refractivity contribution in [1.82, 2.24) is 10.0 Å². The second-order valence-corrected chi connectivity index (χ2v) is 9.20. The van der Waals surface area contributed by atoms with E-state index >= 15 is 0 Å². The standard InChI is InChI=1S/C24H23FN2O6S/c25-20-7-1-2-8-21(20)31-12-4-11-26-24(28)18-5-3-6-19(14-18)34(29,30)27-15-17-9-10-22-23(13-17)33-16-32-22/h1-3,5-10,13-14,27H,4,11-12,15-16H2,(H,26,28). The molecule has 8 nitrogen and oxygen atoms in total. The molecular formula is C24H23FN2O6S. The number of hydrogen-bond acceptors (Lipinski definition) is 6. The SMILES string of the molecule is O=C(NCCCOc1ccccc1F)c1cccc(S(=O)(=O)NCc2ccc3c(c2)OCO3)c1. The minimum absolute atomic E-state index is 0.0243. The monoisotopic (exact) mass is 486 g/mol. The van der Waals surface area contributed by atoms with Crippen LogP contribution in [0.3, 0.4) is 0 Å². The third-order valence-corrected chi connectivity index (χ3v) is 6.41. The van der Waals surface area contributed by atoms with Gasteiger partial charge in [0.05, 0.1) is 11.5 Å². The maximum absolute atomic E-state index is 13.5. The average Bonchev–Trinajstić information content (AvgIpc) is 3.32. The molecule has 0 saturated carbocycles. The summed E-state index contributed by atoms with van der Waals surface area (Å²) in [6.07, 6.45) is 0.454. The van der Waals surface area contributed by atoms with Crippen LogP contribution in [-0.2, 0) is 16.6 Å². The lowest BCUT2D eigenvalue weighted by Gasteiger charge is -2.10. The summed E-state index contributed by atoms with van der Waals surface area (Å²) in [4.78, 5) is 12.4. The molecule has 3 aromatic rings. The highest BCUT2D eigenvalue weighted by Crippen LogP contribution is 2.32. The van der Waals surface area contributed by atoms with Crippen LogP contribution in [-0.4, -0.2) is 34.3 Å². The van der Waals surface area contributed by atoms with E-state index in [4.69, 9.17) is 14.2 Å². The highest BCUT2D eigenvalue weighted by atomic mass is 32.2. The van der Waals surface area contributed by atoms with Crippen LogP contribution >= 0.6 is 0 Å². The lowest BCUT2D eigenvalue weighted by molar-refractivity contribution is 0.0951. The molecule has 0 aliphatic carbocycles. The maximum atomic E-state index is 13.5. The number of nitrogens with one attached hydrogen (secondary N) is 2. The first-order chi connectivity index (χ1) is 16.4. The van der Waals surface area contributed by atoms with Crippen molar-refractivity contribution in [3.63, 3.8) is 0 Å². The first-order valence-electron chi connectivity index (χ1n) is 10.6. The van der Waals surface area contributed by atoms with Crippen LogP contribution in [0.1, 0.15) is 22.3 Å². The average molecular weight is 487 g/mol. The lowest BCUT2D eigenvalue weighted by Crippen LogP contribution is -2.27. The van der Waals surface area contributed by atoms with Crippen LogP contribution in [0.15, 0.2) is 71.6 Å². The molecule has 0 unspecified atom stereocenters. The largest absolute Gasteiger partial charge is 0.490 e. The number of sulfonamides is 1. The molecule has 1 heterocycles. The van der Waals surface area contributed by atoms with Gasteiger partial charge in [-0.2, -0.15) is 0 Å². The van der Waals surface area contributed by atoms with Crippen molar-refractivity contribution in [2.45, 2.75) is 17.9 Å². The summed E-state index contributed by atoms with van der Waals surface area (Å²) in [5.74, 6) is 0.467. The highest BCUT2D eigenvalue weighted by Gasteiger charge is 2.18. The third-order valence-electron chi connectivity index (χ3n) is 5.01. The van der Waals surface area contributed by atoms with Gasteiger partial charge in [0.2, 0.25) is 16.8 Å². The molecule has 0 radical (unpaired) electrons. The lowest BCUT2D eigenvalue weighted by atomic mass is 10.2. The summed E-state index contributed by atoms with van der Waals surface area (Å²) < 4.78 is 57.4. The van der Waals surface area contributed by atoms with E-state index in [0.717, 1.165) is 0 Å². The summed E-state index contributed by atoms with van der Waals surface area (Å²) in [7, 11) is -3.85. The van der Waals surface area contributed by atoms with Crippen molar-refractivity contribution in [3.8, 4) is 17.2 Å². The van der Waals surface area contributed by atoms with E-state index in [1.54, 1.807) is 30.3 Å². The molecule has 1 amide bonds. The minimum atomic E-state index is -3.85. The molecule has 10 heteroatoms. The van der Waals surface area contributed by atoms with Gasteiger partial charge in [-0.1, -0.05) is 24.3 Å². The predicted molar refractivity (Wildman–Crippen MR) is 122 cm³/mol. The molecule has 4 rings (SSSR count). The Hall–Kier alpha value is -3.63. The molecule has 0 saturated heterocycles. The predicted octanol–water partition coefficient (Wildman–Crippen LogP) is 3.23. The van der Waals surface area contributed by atoms with Crippen LogP contribution in [0, 0.1) is 5.82 Å². The van der Waals surface area contributed by atoms with Crippen molar-refractivity contribution < 1.29 is 31.8 Å². The van der Waals surface area contributed by atoms with E-state index in [0.29, 0.717) is 23.5 Å². The summed E-state index contributed by atoms with van der Waals surface area (Å²) in [6.45, 7) is 0.696. The Balaban J connectivity index is 1.28. The van der Waals surface area contributed by atoms with Crippen molar-refractivity contribution in [3.05, 3.63) is 83.7 Å². The topological polar surface area (TPSA) is 103 Å². The number of amides is 1. The number of ether oxygens (including phenoxy) is 3. The number of carbonyl (C=O) groups is 1. The number of halogens is 1. The Morgan fingerprint density at radius 3 is 2.68 bits per heavy atom. The molecule has 0 bridgehead atoms. The molecule has 3 aromatic carbocycles. The zero-order chi connectivity index (χ0) is 24.0. The molecule has 2 N–H and O–H groups in total. The van der Waals surface area contributed by atoms with Gasteiger partial charge in [0.1, 0.15) is 0 Å². The second kappa shape index (κ2) is 10.5. The normalized spacial score (nSPS) is 12.4. The first-order valence-corrected chi connectivity index (χ1v) is 12.0. The Bertz CT molecular complexity index is 1280. The molecule has 1 aliphatic heterocycles. The van der Waals surface area contributed by atoms with Gasteiger partial charge < -0.3 is 19.5 Å². The number of fused-ring (bicyclic) bond motifs is 1. The number of benzene rings is 3. The summed E-state index contributed by atoms with van der Waals surface area (Å²) in [6, 6.07) is 17.0. The molecule has 34 heavy (non-hydrogen) atoms. The van der Waals surface area contributed by atoms with E-state index in [9.17, 15) is 17.6 Å². The zero-order valence-corrected chi connectivity index (χ0v) is 18.9. The van der Waals surface area contributed by atoms with Gasteiger partial charge >= 0.3 is 0 Å². The third kappa shape index (κ3) is 5.83. The van der Waals surface area contributed by atoms with Crippen LogP contribution in [0.2, 0.25) is 0 Å². The molecule has 0 fully saturated rings. The summed E-state index contributed by atoms with van der Waals surface area (Å²) in [5, 5.41) is 2.71. The van der Waals surface area contributed by atoms with Crippen molar-refractivity contribution >= 4 is 15.9 Å². The van der Waals surface area contributed by atoms with Crippen molar-refractivity contribution in [2.75, 3.05) is 19.9 Å². The fraction of sp³-hybridized carbons (Fsp3) is 0.208. The zero-order valence-electron chi connectivity index (χ0n) is 18.1. The van der Waals surface area contributed by atoms with E-state index in [-0.39, 0.29) is 42.7 Å². The van der Waals surface area contributed by atoms with E-state index in [1.165, 1.54) is 36.4 Å². The van der Waals surface area contributed by atoms with E-state index < -0.39 is 21.7 Å². The van der Waals surface area contributed by atoms with Crippen molar-refractivity contribution in [2.24, 2.45) is 0 Å². The number of hydrogen-bond donors (Lipinski definition) is 2. The van der Waals surface area contributed by atoms with Gasteiger partial charge in [-0.25, -0.2) is 17.5 Å². The molecule has 0 aromatic heterocycles. The Kier molecular flexibility index (Phi) is 7.29. The molecule has 0 spiro atoms. The molecular weight excluding hydrogens is 463 g/mol. The van der Waals surface area contributed by atoms with Gasteiger partial charge in [-0.05, 0) is 54.4 Å². The maximum Gasteiger partial charge on any atom is 0.251 e. The molecule has 1 aliphatic rings. The number of carbonyl (C=O) groups excluding carboxylic acids is 1. The van der Waals surface area contributed by atoms with Crippen LogP contribution in [0.4, 0.5) is 4.39 Å². The van der Waals surface area contributed by atoms with Crippen molar-refractivity contribution in [1.29, 1.82) is 0 Å². The summed E-state index contributed by atoms with van der Waals surface area (Å²) in [5.41, 5.74) is 0.917. The Morgan fingerprint density at radius 1 is 1.00 bits per heavy atom. The van der Waals surface area contributed by atoms with Crippen LogP contribution in [0.25, 0.3) is 0 Å². The Labute approximate surface area is 196 Å². The van der Waals surface area contributed by atoms with Crippen LogP contribution in [0.5, 0.6) is 17.2 Å². The van der Waals surface area contributed by atoms with Gasteiger partial charge in [-0.15, -0.1) is 0 Å².